The highest BCUT2D eigenvalue weighted by Gasteiger charge is 2.28. The number of imidazole rings is 1. The lowest BCUT2D eigenvalue weighted by molar-refractivity contribution is 0.0960. The molecular formula is C24H29N3O4S2. The van der Waals surface area contributed by atoms with E-state index in [-0.39, 0.29) is 6.10 Å². The Kier molecular flexibility index (Phi) is 6.65. The van der Waals surface area contributed by atoms with Crippen molar-refractivity contribution in [2.45, 2.75) is 54.1 Å². The molecule has 0 bridgehead atoms. The topological polar surface area (TPSA) is 73.7 Å². The number of hydrogen-bond donors (Lipinski definition) is 0. The summed E-state index contributed by atoms with van der Waals surface area (Å²) in [5, 5.41) is 0.874. The van der Waals surface area contributed by atoms with E-state index in [9.17, 15) is 8.42 Å². The molecule has 1 aromatic heterocycles. The third-order valence-corrected chi connectivity index (χ3v) is 9.24. The van der Waals surface area contributed by atoms with Crippen LogP contribution in [0.25, 0.3) is 11.0 Å². The van der Waals surface area contributed by atoms with E-state index in [1.165, 1.54) is 0 Å². The first kappa shape index (κ1) is 22.7. The van der Waals surface area contributed by atoms with E-state index in [1.54, 1.807) is 35.3 Å². The fraction of sp³-hybridized carbons (Fsp3) is 0.458. The van der Waals surface area contributed by atoms with Crippen LogP contribution in [0.2, 0.25) is 0 Å². The lowest BCUT2D eigenvalue weighted by Crippen LogP contribution is -2.27. The van der Waals surface area contributed by atoms with Crippen molar-refractivity contribution in [3.05, 3.63) is 48.0 Å². The van der Waals surface area contributed by atoms with Crippen molar-refractivity contribution in [1.82, 2.24) is 13.9 Å². The number of sulfonamides is 1. The van der Waals surface area contributed by atoms with Gasteiger partial charge in [0.15, 0.2) is 5.16 Å². The normalized spacial score (nSPS) is 19.5. The molecule has 5 rings (SSSR count). The molecule has 1 atom stereocenters. The highest BCUT2D eigenvalue weighted by Crippen LogP contribution is 2.31. The maximum absolute atomic E-state index is 13.1. The molecular weight excluding hydrogens is 458 g/mol. The van der Waals surface area contributed by atoms with E-state index in [1.807, 2.05) is 24.3 Å². The lowest BCUT2D eigenvalue weighted by atomic mass is 10.2. The SMILES string of the molecule is COc1cccc(CSc2nc3cc(S(=O)(=O)N4CCCC4)ccc3n2C[C@H]2CCCO2)c1. The highest BCUT2D eigenvalue weighted by atomic mass is 32.2. The molecule has 33 heavy (non-hydrogen) atoms. The fourth-order valence-corrected chi connectivity index (χ4v) is 7.02. The number of rotatable bonds is 8. The lowest BCUT2D eigenvalue weighted by Gasteiger charge is -2.16. The summed E-state index contributed by atoms with van der Waals surface area (Å²) in [5.74, 6) is 1.57. The van der Waals surface area contributed by atoms with Gasteiger partial charge in [-0.2, -0.15) is 4.31 Å². The highest BCUT2D eigenvalue weighted by molar-refractivity contribution is 7.98. The first-order valence-corrected chi connectivity index (χ1v) is 13.8. The Balaban J connectivity index is 1.47. The Morgan fingerprint density at radius 3 is 2.76 bits per heavy atom. The summed E-state index contributed by atoms with van der Waals surface area (Å²) >= 11 is 1.65. The average Bonchev–Trinajstić information content (AvgIpc) is 3.60. The molecule has 176 valence electrons. The molecule has 0 N–H and O–H groups in total. The van der Waals surface area contributed by atoms with Gasteiger partial charge in [-0.25, -0.2) is 13.4 Å². The van der Waals surface area contributed by atoms with E-state index >= 15 is 0 Å². The average molecular weight is 488 g/mol. The number of fused-ring (bicyclic) bond motifs is 1. The molecule has 2 aliphatic heterocycles. The third kappa shape index (κ3) is 4.77. The van der Waals surface area contributed by atoms with Crippen molar-refractivity contribution in [3.8, 4) is 5.75 Å². The summed E-state index contributed by atoms with van der Waals surface area (Å²) in [5.41, 5.74) is 2.80. The number of benzene rings is 2. The van der Waals surface area contributed by atoms with Crippen LogP contribution in [0, 0.1) is 0 Å². The Hall–Kier alpha value is -2.07. The monoisotopic (exact) mass is 487 g/mol. The summed E-state index contributed by atoms with van der Waals surface area (Å²) in [6, 6.07) is 13.4. The van der Waals surface area contributed by atoms with Gasteiger partial charge in [-0.15, -0.1) is 0 Å². The quantitative estimate of drug-likeness (QED) is 0.441. The molecule has 2 aliphatic rings. The number of aromatic nitrogens is 2. The van der Waals surface area contributed by atoms with Gasteiger partial charge in [0.05, 0.1) is 35.7 Å². The molecule has 3 heterocycles. The van der Waals surface area contributed by atoms with Gasteiger partial charge in [-0.05, 0) is 61.6 Å². The van der Waals surface area contributed by atoms with Crippen LogP contribution in [0.5, 0.6) is 5.75 Å². The summed E-state index contributed by atoms with van der Waals surface area (Å²) in [7, 11) is -1.81. The second-order valence-electron chi connectivity index (χ2n) is 8.54. The Labute approximate surface area is 199 Å². The van der Waals surface area contributed by atoms with Gasteiger partial charge < -0.3 is 14.0 Å². The predicted molar refractivity (Wildman–Crippen MR) is 129 cm³/mol. The zero-order valence-electron chi connectivity index (χ0n) is 18.8. The Morgan fingerprint density at radius 1 is 1.15 bits per heavy atom. The zero-order chi connectivity index (χ0) is 22.8. The molecule has 0 unspecified atom stereocenters. The first-order valence-electron chi connectivity index (χ1n) is 11.4. The number of hydrogen-bond acceptors (Lipinski definition) is 6. The minimum atomic E-state index is -3.48. The molecule has 9 heteroatoms. The van der Waals surface area contributed by atoms with Crippen LogP contribution in [-0.4, -0.2) is 55.2 Å². The van der Waals surface area contributed by atoms with E-state index in [0.717, 1.165) is 66.6 Å². The van der Waals surface area contributed by atoms with Crippen molar-refractivity contribution < 1.29 is 17.9 Å². The van der Waals surface area contributed by atoms with Gasteiger partial charge in [-0.1, -0.05) is 23.9 Å². The van der Waals surface area contributed by atoms with Crippen molar-refractivity contribution in [2.75, 3.05) is 26.8 Å². The maximum atomic E-state index is 13.1. The summed E-state index contributed by atoms with van der Waals surface area (Å²) in [4.78, 5) is 5.19. The second-order valence-corrected chi connectivity index (χ2v) is 11.4. The van der Waals surface area contributed by atoms with E-state index in [4.69, 9.17) is 14.5 Å². The zero-order valence-corrected chi connectivity index (χ0v) is 20.4. The molecule has 7 nitrogen and oxygen atoms in total. The Bertz CT molecular complexity index is 1230. The van der Waals surface area contributed by atoms with Crippen LogP contribution < -0.4 is 4.74 Å². The van der Waals surface area contributed by atoms with Crippen LogP contribution in [0.3, 0.4) is 0 Å². The van der Waals surface area contributed by atoms with Gasteiger partial charge in [0.1, 0.15) is 5.75 Å². The van der Waals surface area contributed by atoms with E-state index in [2.05, 4.69) is 10.6 Å². The first-order chi connectivity index (χ1) is 16.0. The van der Waals surface area contributed by atoms with Gasteiger partial charge >= 0.3 is 0 Å². The molecule has 3 aromatic rings. The maximum Gasteiger partial charge on any atom is 0.243 e. The van der Waals surface area contributed by atoms with Crippen LogP contribution in [-0.2, 0) is 27.1 Å². The summed E-state index contributed by atoms with van der Waals surface area (Å²) in [6.45, 7) is 2.70. The van der Waals surface area contributed by atoms with Crippen molar-refractivity contribution >= 4 is 32.8 Å². The molecule has 2 fully saturated rings. The van der Waals surface area contributed by atoms with Gasteiger partial charge in [0.2, 0.25) is 10.0 Å². The van der Waals surface area contributed by atoms with Crippen molar-refractivity contribution in [1.29, 1.82) is 0 Å². The molecule has 2 saturated heterocycles. The van der Waals surface area contributed by atoms with Crippen LogP contribution in [0.4, 0.5) is 0 Å². The minimum absolute atomic E-state index is 0.159. The number of ether oxygens (including phenoxy) is 2. The Morgan fingerprint density at radius 2 is 2.00 bits per heavy atom. The predicted octanol–water partition coefficient (Wildman–Crippen LogP) is 4.30. The molecule has 0 spiro atoms. The second kappa shape index (κ2) is 9.66. The van der Waals surface area contributed by atoms with Gasteiger partial charge in [0.25, 0.3) is 0 Å². The fourth-order valence-electron chi connectivity index (χ4n) is 4.51. The van der Waals surface area contributed by atoms with Crippen LogP contribution in [0.1, 0.15) is 31.2 Å². The summed E-state index contributed by atoms with van der Waals surface area (Å²) < 4.78 is 41.1. The van der Waals surface area contributed by atoms with Crippen molar-refractivity contribution in [3.63, 3.8) is 0 Å². The minimum Gasteiger partial charge on any atom is -0.497 e. The standard InChI is InChI=1S/C24H29N3O4S2/c1-30-19-7-4-6-18(14-19)17-32-24-25-22-15-21(33(28,29)26-11-2-3-12-26)9-10-23(22)27(24)16-20-8-5-13-31-20/h4,6-7,9-10,14-15,20H,2-3,5,8,11-13,16-17H2,1H3/t20-/m1/s1. The van der Waals surface area contributed by atoms with Crippen LogP contribution >= 0.6 is 11.8 Å². The van der Waals surface area contributed by atoms with Crippen molar-refractivity contribution in [2.24, 2.45) is 0 Å². The molecule has 2 aromatic carbocycles. The number of methoxy groups -OCH3 is 1. The van der Waals surface area contributed by atoms with E-state index in [0.29, 0.717) is 23.5 Å². The van der Waals surface area contributed by atoms with Gasteiger partial charge in [-0.3, -0.25) is 0 Å². The third-order valence-electron chi connectivity index (χ3n) is 6.30. The van der Waals surface area contributed by atoms with Gasteiger partial charge in [0, 0.05) is 25.4 Å². The molecule has 0 aliphatic carbocycles. The number of thioether (sulfide) groups is 1. The molecule has 0 radical (unpaired) electrons. The molecule has 0 saturated carbocycles. The largest absolute Gasteiger partial charge is 0.497 e. The molecule has 0 amide bonds. The number of nitrogens with zero attached hydrogens (tertiary/aromatic N) is 3. The van der Waals surface area contributed by atoms with E-state index < -0.39 is 10.0 Å². The summed E-state index contributed by atoms with van der Waals surface area (Å²) in [6.07, 6.45) is 4.10. The smallest absolute Gasteiger partial charge is 0.243 e. The van der Waals surface area contributed by atoms with Crippen LogP contribution in [0.15, 0.2) is 52.5 Å².